The lowest BCUT2D eigenvalue weighted by atomic mass is 10.2. The molecule has 0 spiro atoms. The molecule has 2 aromatic rings. The summed E-state index contributed by atoms with van der Waals surface area (Å²) in [6.45, 7) is 0.420. The Morgan fingerprint density at radius 1 is 0.824 bits per heavy atom. The van der Waals surface area contributed by atoms with Gasteiger partial charge in [0.15, 0.2) is 5.96 Å². The number of hydrogen-bond donors (Lipinski definition) is 10. The van der Waals surface area contributed by atoms with Crippen LogP contribution in [0.5, 0.6) is 0 Å². The summed E-state index contributed by atoms with van der Waals surface area (Å²) in [4.78, 5) is 47.4. The second-order valence-electron chi connectivity index (χ2n) is 6.84. The Kier molecular flexibility index (Phi) is 14.6. The minimum atomic E-state index is -1.00. The average molecular weight is 485 g/mol. The SMILES string of the molecule is NC(N)=NCCC[C@H](N)C(=O)O.N[C@@H](Cc1cnc[nH]1)C(=O)O.N[C@@H](Cc1cnc[nH]1)C(=O)O. The number of aliphatic carboxylic acids is 3. The molecule has 2 heterocycles. The first-order chi connectivity index (χ1) is 15.9. The monoisotopic (exact) mass is 484 g/mol. The van der Waals surface area contributed by atoms with Gasteiger partial charge >= 0.3 is 17.9 Å². The Morgan fingerprint density at radius 3 is 1.53 bits per heavy atom. The fourth-order valence-electron chi connectivity index (χ4n) is 2.08. The summed E-state index contributed by atoms with van der Waals surface area (Å²) in [7, 11) is 0. The van der Waals surface area contributed by atoms with Crippen LogP contribution in [0.2, 0.25) is 0 Å². The lowest BCUT2D eigenvalue weighted by Crippen LogP contribution is -2.32. The number of nitrogens with zero attached hydrogens (tertiary/aromatic N) is 3. The van der Waals surface area contributed by atoms with Crippen molar-refractivity contribution in [3.8, 4) is 0 Å². The van der Waals surface area contributed by atoms with Crippen molar-refractivity contribution in [3.63, 3.8) is 0 Å². The molecule has 190 valence electrons. The van der Waals surface area contributed by atoms with Crippen molar-refractivity contribution in [2.24, 2.45) is 33.7 Å². The fourth-order valence-corrected chi connectivity index (χ4v) is 2.08. The highest BCUT2D eigenvalue weighted by atomic mass is 16.4. The van der Waals surface area contributed by atoms with Gasteiger partial charge in [0.05, 0.1) is 12.7 Å². The van der Waals surface area contributed by atoms with Gasteiger partial charge in [-0.2, -0.15) is 0 Å². The van der Waals surface area contributed by atoms with Gasteiger partial charge in [-0.05, 0) is 12.8 Å². The third-order valence-corrected chi connectivity index (χ3v) is 3.91. The van der Waals surface area contributed by atoms with Crippen molar-refractivity contribution in [2.45, 2.75) is 43.8 Å². The molecule has 0 bridgehead atoms. The Labute approximate surface area is 194 Å². The molecule has 0 radical (unpaired) electrons. The highest BCUT2D eigenvalue weighted by Crippen LogP contribution is 1.96. The van der Waals surface area contributed by atoms with Crippen LogP contribution in [0.25, 0.3) is 0 Å². The smallest absolute Gasteiger partial charge is 0.320 e. The lowest BCUT2D eigenvalue weighted by Gasteiger charge is -2.03. The zero-order valence-electron chi connectivity index (χ0n) is 18.4. The number of aliphatic imine (C=N–C) groups is 1. The number of carboxylic acids is 3. The maximum atomic E-state index is 10.3. The van der Waals surface area contributed by atoms with E-state index in [0.29, 0.717) is 19.4 Å². The van der Waals surface area contributed by atoms with Gasteiger partial charge in [-0.25, -0.2) is 9.97 Å². The number of imidazole rings is 2. The number of carbonyl (C=O) groups is 3. The molecule has 2 aromatic heterocycles. The maximum Gasteiger partial charge on any atom is 0.320 e. The largest absolute Gasteiger partial charge is 0.480 e. The van der Waals surface area contributed by atoms with E-state index in [2.05, 4.69) is 24.9 Å². The molecule has 0 aromatic carbocycles. The van der Waals surface area contributed by atoms with E-state index in [-0.39, 0.29) is 18.8 Å². The predicted octanol–water partition coefficient (Wildman–Crippen LogP) is -2.82. The van der Waals surface area contributed by atoms with Crippen molar-refractivity contribution in [1.82, 2.24) is 19.9 Å². The highest BCUT2D eigenvalue weighted by Gasteiger charge is 2.13. The van der Waals surface area contributed by atoms with Gasteiger partial charge < -0.3 is 54.0 Å². The van der Waals surface area contributed by atoms with Crippen molar-refractivity contribution >= 4 is 23.9 Å². The van der Waals surface area contributed by atoms with Crippen LogP contribution in [0.1, 0.15) is 24.2 Å². The van der Waals surface area contributed by atoms with E-state index in [1.807, 2.05) is 0 Å². The molecule has 0 fully saturated rings. The van der Waals surface area contributed by atoms with Gasteiger partial charge in [0.2, 0.25) is 0 Å². The van der Waals surface area contributed by atoms with E-state index >= 15 is 0 Å². The quantitative estimate of drug-likeness (QED) is 0.0874. The third-order valence-electron chi connectivity index (χ3n) is 3.91. The minimum absolute atomic E-state index is 0.0129. The summed E-state index contributed by atoms with van der Waals surface area (Å²) >= 11 is 0. The third kappa shape index (κ3) is 14.9. The molecule has 0 aliphatic carbocycles. The summed E-state index contributed by atoms with van der Waals surface area (Å²) in [5, 5.41) is 25.2. The molecule has 15 N–H and O–H groups in total. The summed E-state index contributed by atoms with van der Waals surface area (Å²) in [6.07, 6.45) is 7.63. The van der Waals surface area contributed by atoms with Crippen LogP contribution in [-0.4, -0.2) is 83.8 Å². The van der Waals surface area contributed by atoms with E-state index in [0.717, 1.165) is 11.4 Å². The first kappa shape index (κ1) is 30.0. The number of nitrogens with two attached hydrogens (primary N) is 5. The maximum absolute atomic E-state index is 10.3. The Hall–Kier alpha value is -4.02. The molecule has 34 heavy (non-hydrogen) atoms. The molecular weight excluding hydrogens is 452 g/mol. The zero-order chi connectivity index (χ0) is 26.1. The number of nitrogens with one attached hydrogen (secondary N) is 2. The standard InChI is InChI=1S/C6H14N4O2.2C6H9N3O2/c7-4(5(11)12)2-1-3-10-6(8)9;2*7-5(6(10)11)1-4-2-8-3-9-4/h4H,1-3,7H2,(H,11,12)(H4,8,9,10);2*2-3,5H,1,7H2,(H,8,9)(H,10,11)/t4-;2*5-/m000/s1. The highest BCUT2D eigenvalue weighted by molar-refractivity contribution is 5.75. The molecule has 16 heteroatoms. The molecule has 0 saturated heterocycles. The average Bonchev–Trinajstić information content (AvgIpc) is 3.46. The van der Waals surface area contributed by atoms with Crippen LogP contribution in [0, 0.1) is 0 Å². The van der Waals surface area contributed by atoms with Crippen LogP contribution < -0.4 is 28.7 Å². The van der Waals surface area contributed by atoms with E-state index < -0.39 is 36.0 Å². The van der Waals surface area contributed by atoms with Gasteiger partial charge in [-0.3, -0.25) is 19.4 Å². The number of carboxylic acid groups (broad SMARTS) is 3. The van der Waals surface area contributed by atoms with Gasteiger partial charge in [-0.1, -0.05) is 0 Å². The predicted molar refractivity (Wildman–Crippen MR) is 121 cm³/mol. The van der Waals surface area contributed by atoms with E-state index in [9.17, 15) is 14.4 Å². The fraction of sp³-hybridized carbons (Fsp3) is 0.444. The number of aromatic amines is 2. The first-order valence-electron chi connectivity index (χ1n) is 9.89. The first-order valence-corrected chi connectivity index (χ1v) is 9.89. The van der Waals surface area contributed by atoms with Gasteiger partial charge in [0, 0.05) is 43.2 Å². The molecule has 2 rings (SSSR count). The topological polar surface area (TPSA) is 312 Å². The number of guanidine groups is 1. The minimum Gasteiger partial charge on any atom is -0.480 e. The van der Waals surface area contributed by atoms with Crippen LogP contribution in [0.3, 0.4) is 0 Å². The lowest BCUT2D eigenvalue weighted by molar-refractivity contribution is -0.139. The van der Waals surface area contributed by atoms with E-state index in [4.69, 9.17) is 44.0 Å². The van der Waals surface area contributed by atoms with Crippen LogP contribution in [-0.2, 0) is 27.2 Å². The molecule has 0 aliphatic rings. The van der Waals surface area contributed by atoms with Gasteiger partial charge in [-0.15, -0.1) is 0 Å². The molecule has 3 atom stereocenters. The molecule has 16 nitrogen and oxygen atoms in total. The van der Waals surface area contributed by atoms with Gasteiger partial charge in [0.25, 0.3) is 0 Å². The number of aromatic nitrogens is 4. The Bertz CT molecular complexity index is 816. The molecule has 0 saturated carbocycles. The summed E-state index contributed by atoms with van der Waals surface area (Å²) < 4.78 is 0. The second kappa shape index (κ2) is 16.6. The Morgan fingerprint density at radius 2 is 1.24 bits per heavy atom. The van der Waals surface area contributed by atoms with Crippen LogP contribution >= 0.6 is 0 Å². The number of rotatable bonds is 11. The molecule has 0 aliphatic heterocycles. The van der Waals surface area contributed by atoms with Crippen LogP contribution in [0.15, 0.2) is 30.0 Å². The van der Waals surface area contributed by atoms with Gasteiger partial charge in [0.1, 0.15) is 18.1 Å². The molecule has 0 unspecified atom stereocenters. The summed E-state index contributed by atoms with van der Waals surface area (Å²) in [6, 6.07) is -2.52. The van der Waals surface area contributed by atoms with E-state index in [1.54, 1.807) is 12.4 Å². The number of H-pyrrole nitrogens is 2. The zero-order valence-corrected chi connectivity index (χ0v) is 18.4. The molecular formula is C18H32N10O6. The van der Waals surface area contributed by atoms with Crippen molar-refractivity contribution in [1.29, 1.82) is 0 Å². The summed E-state index contributed by atoms with van der Waals surface area (Å²) in [5.74, 6) is -2.99. The van der Waals surface area contributed by atoms with Crippen molar-refractivity contribution in [2.75, 3.05) is 6.54 Å². The van der Waals surface area contributed by atoms with Crippen molar-refractivity contribution < 1.29 is 29.7 Å². The van der Waals surface area contributed by atoms with Crippen LogP contribution in [0.4, 0.5) is 0 Å². The molecule has 0 amide bonds. The number of hydrogen-bond acceptors (Lipinski definition) is 9. The van der Waals surface area contributed by atoms with E-state index in [1.165, 1.54) is 12.7 Å². The normalized spacial score (nSPS) is 12.6. The van der Waals surface area contributed by atoms with Crippen molar-refractivity contribution in [3.05, 3.63) is 36.4 Å². The Balaban J connectivity index is 0.000000481. The second-order valence-corrected chi connectivity index (χ2v) is 6.84. The summed E-state index contributed by atoms with van der Waals surface area (Å²) in [5.41, 5.74) is 27.3.